The van der Waals surface area contributed by atoms with Crippen LogP contribution in [0.1, 0.15) is 138 Å². The van der Waals surface area contributed by atoms with Crippen LogP contribution < -0.4 is 99.6 Å². The van der Waals surface area contributed by atoms with Gasteiger partial charge in [0.05, 0.1) is 0 Å². The zero-order valence-corrected chi connectivity index (χ0v) is 76.7. The number of quaternary nitrogens is 2. The molecule has 7 aliphatic heterocycles. The first-order chi connectivity index (χ1) is 51.0. The first-order valence-corrected chi connectivity index (χ1v) is 52.6. The minimum absolute atomic E-state index is 0. The number of benzene rings is 4. The van der Waals surface area contributed by atoms with E-state index in [1.165, 1.54) is 0 Å². The van der Waals surface area contributed by atoms with Crippen molar-refractivity contribution in [2.24, 2.45) is 20.0 Å². The number of aromatic nitrogens is 2. The summed E-state index contributed by atoms with van der Waals surface area (Å²) in [7, 11) is -33.1. The van der Waals surface area contributed by atoms with Crippen molar-refractivity contribution in [2.45, 2.75) is 154 Å². The van der Waals surface area contributed by atoms with Gasteiger partial charge < -0.3 is 4.84 Å². The maximum absolute atomic E-state index is 13.1. The molecule has 0 N–H and O–H groups in total. The fraction of sp³-hybridized carbons (Fsp3) is 0.500. The van der Waals surface area contributed by atoms with Crippen LogP contribution in [-0.4, -0.2) is 224 Å². The summed E-state index contributed by atoms with van der Waals surface area (Å²) in [4.78, 5) is 66.5. The summed E-state index contributed by atoms with van der Waals surface area (Å²) >= 11 is 0. The Morgan fingerprint density at radius 2 is 0.793 bits per heavy atom. The Labute approximate surface area is 717 Å². The molecule has 39 heteroatoms. The van der Waals surface area contributed by atoms with E-state index in [9.17, 15) is 74.5 Å². The molecule has 0 bridgehead atoms. The van der Waals surface area contributed by atoms with Crippen molar-refractivity contribution in [3.05, 3.63) is 137 Å². The monoisotopic (exact) mass is 1680 g/mol. The molecular weight excluding hydrogens is 1590 g/mol. The number of carbonyl (C=O) groups excluding carboxylic acids is 3. The third kappa shape index (κ3) is 17.1. The summed E-state index contributed by atoms with van der Waals surface area (Å²) < 4.78 is 174. The van der Waals surface area contributed by atoms with Crippen LogP contribution in [-0.2, 0) is 67.9 Å². The molecule has 1 fully saturated rings. The van der Waals surface area contributed by atoms with Crippen molar-refractivity contribution < 1.29 is 185 Å². The smallest absolute Gasteiger partial charge is 1.00 e. The van der Waals surface area contributed by atoms with Gasteiger partial charge in [-0.2, -0.15) is 0 Å². The zero-order chi connectivity index (χ0) is 77.2. The van der Waals surface area contributed by atoms with Gasteiger partial charge in [0.15, 0.2) is 0 Å². The molecule has 2 amide bonds. The van der Waals surface area contributed by atoms with Crippen molar-refractivity contribution in [2.75, 3.05) is 75.4 Å². The van der Waals surface area contributed by atoms with Crippen molar-refractivity contribution >= 4 is 139 Å². The molecule has 1 saturated heterocycles. The average Bonchev–Trinajstić information content (AvgIpc) is 1.46. The van der Waals surface area contributed by atoms with E-state index >= 15 is 0 Å². The van der Waals surface area contributed by atoms with Gasteiger partial charge in [0.2, 0.25) is 0 Å². The molecule has 2 aromatic heterocycles. The fourth-order valence-electron chi connectivity index (χ4n) is 18.3. The molecule has 0 saturated carbocycles. The first kappa shape index (κ1) is 89.3. The number of hydroxylamine groups is 2. The Bertz CT molecular complexity index is 5200. The van der Waals surface area contributed by atoms with E-state index in [4.69, 9.17) is 24.8 Å². The second-order valence-electron chi connectivity index (χ2n) is 31.3. The molecule has 584 valence electrons. The molecule has 0 radical (unpaired) electrons. The zero-order valence-electron chi connectivity index (χ0n) is 64.5. The summed E-state index contributed by atoms with van der Waals surface area (Å²) in [6.07, 6.45) is 4.95. The van der Waals surface area contributed by atoms with Gasteiger partial charge >= 0.3 is 676 Å². The second-order valence-corrected chi connectivity index (χ2v) is 51.7. The minimum Gasteiger partial charge on any atom is 1.00 e. The van der Waals surface area contributed by atoms with Crippen LogP contribution in [0.15, 0.2) is 117 Å². The SMILES string of the molecule is [CH2-]CCC[N+](CCCCS(=O)(=O)[O-])(CCCCS(=O)(=O)[O-])CCC[Si](C)(C)O[Si-2]123(O[Si](C)(C)CCC[N+](CCCCCC(=O)ON4C(=O)CCC4=O)(CCCCS(=O)(=O)[O-])CCCCS(=O)(=O)[O-])n4c5c6ccccc6c4N=C4c6ccccc6C(=[N+]41)N=c1c4ccccc4c(n12)=NC1=[N+]3C(=N5)c2ccccc21.[Na+].[Na+].[Na+]. The second kappa shape index (κ2) is 33.8. The molecule has 9 heterocycles. The maximum Gasteiger partial charge on any atom is 1.00 e. The van der Waals surface area contributed by atoms with Gasteiger partial charge in [-0.05, 0) is 0 Å². The minimum atomic E-state index is -7.39. The van der Waals surface area contributed by atoms with Crippen LogP contribution in [0.3, 0.4) is 0 Å². The molecule has 111 heavy (non-hydrogen) atoms. The van der Waals surface area contributed by atoms with Crippen LogP contribution in [0, 0.1) is 6.92 Å². The Kier molecular flexibility index (Phi) is 27.2. The van der Waals surface area contributed by atoms with E-state index in [0.29, 0.717) is 195 Å². The fourth-order valence-corrected chi connectivity index (χ4v) is 42.8. The van der Waals surface area contributed by atoms with E-state index in [1.54, 1.807) is 0 Å². The Morgan fingerprint density at radius 3 is 1.16 bits per heavy atom. The molecule has 13 rings (SSSR count). The number of hydrogen-bond acceptors (Lipinski definition) is 22. The Balaban J connectivity index is 0.00000436. The van der Waals surface area contributed by atoms with E-state index in [1.807, 2.05) is 97.1 Å². The number of hydrogen-bond donors (Lipinski definition) is 0. The summed E-state index contributed by atoms with van der Waals surface area (Å²) in [5, 5.41) is 3.57. The summed E-state index contributed by atoms with van der Waals surface area (Å²) in [6, 6.07) is 33.0. The largest absolute Gasteiger partial charge is 1.00 e. The number of nitrogens with zero attached hydrogens (tertiary/aromatic N) is 11. The molecule has 7 aliphatic rings. The molecular formula is C72H94N11Na3O18S4Si3. The van der Waals surface area contributed by atoms with Gasteiger partial charge in [0, 0.05) is 12.8 Å². The number of unbranched alkanes of at least 4 members (excludes halogenated alkanes) is 7. The van der Waals surface area contributed by atoms with Crippen molar-refractivity contribution in [3.63, 3.8) is 0 Å². The van der Waals surface area contributed by atoms with Crippen LogP contribution in [0.5, 0.6) is 0 Å². The topological polar surface area (TPSA) is 376 Å². The van der Waals surface area contributed by atoms with Crippen molar-refractivity contribution in [1.29, 1.82) is 0 Å². The van der Waals surface area contributed by atoms with E-state index < -0.39 is 106 Å². The molecule has 0 atom stereocenters. The molecule has 0 aliphatic carbocycles. The number of carbonyl (C=O) groups is 3. The van der Waals surface area contributed by atoms with Gasteiger partial charge in [0.1, 0.15) is 0 Å². The maximum atomic E-state index is 13.1. The number of amides is 2. The number of aliphatic imine (C=N–C) groups is 2. The standard InChI is InChI=1S/C72H97N11O18S4Si3.3Na/c1-6-7-40-82(42-19-23-48-102(87,88)89,43-20-24-49-103(90,91)92)46-27-52-106(2,3)100-108(101-107(4,5)53-28-47-83(44-21-25-50-104(93,94)95,45-22-26-51-105(96,97)98)41-18-8-9-37-64(86)99-77-62(84)38-39-63(77)85)78-65-54-29-10-11-30-55(54)66(78)74-68-58-33-14-15-34-59(58)70(80(68)108)76-72-61-36-17-16-35-60(61)71(81(72)108)75-69-57-32-13-12-31-56(57)67(73-65)79(69)108;;;/h10-17,29-36H,1,6-9,18-28,37-53H2,2-5H3,(H3-,87,88,89,90,91,92,93,94,95,96,97,98);;;/q;3*+1/p-3. The van der Waals surface area contributed by atoms with Crippen LogP contribution >= 0.6 is 0 Å². The van der Waals surface area contributed by atoms with Crippen LogP contribution in [0.25, 0.3) is 21.5 Å². The third-order valence-corrected chi connectivity index (χ3v) is 42.5. The molecule has 6 aromatic rings. The Hall–Kier alpha value is -4.02. The van der Waals surface area contributed by atoms with Crippen LogP contribution in [0.4, 0.5) is 11.6 Å². The number of amidine groups is 4. The number of imide groups is 1. The first-order valence-electron chi connectivity index (χ1n) is 37.5. The molecule has 0 unspecified atom stereocenters. The third-order valence-electron chi connectivity index (χ3n) is 22.6. The summed E-state index contributed by atoms with van der Waals surface area (Å²) in [5.74, 6) is -1.14. The van der Waals surface area contributed by atoms with Gasteiger partial charge in [-0.3, -0.25) is 9.59 Å². The number of fused-ring (bicyclic) bond motifs is 12. The van der Waals surface area contributed by atoms with Gasteiger partial charge in [-0.15, -0.1) is 5.06 Å². The van der Waals surface area contributed by atoms with Crippen molar-refractivity contribution in [3.8, 4) is 0 Å². The summed E-state index contributed by atoms with van der Waals surface area (Å²) in [5.41, 5.74) is 4.09. The van der Waals surface area contributed by atoms with E-state index in [0.717, 1.165) is 43.8 Å². The average molecular weight is 1680 g/mol. The van der Waals surface area contributed by atoms with Gasteiger partial charge in [-0.1, -0.05) is 0 Å². The predicted octanol–water partition coefficient (Wildman–Crippen LogP) is -1.72. The van der Waals surface area contributed by atoms with E-state index in [-0.39, 0.29) is 134 Å². The quantitative estimate of drug-likeness (QED) is 0.0103. The van der Waals surface area contributed by atoms with Gasteiger partial charge in [0.25, 0.3) is 11.8 Å². The van der Waals surface area contributed by atoms with Crippen LogP contribution in [0.2, 0.25) is 38.3 Å². The van der Waals surface area contributed by atoms with Gasteiger partial charge in [-0.25, -0.2) is 4.79 Å². The predicted molar refractivity (Wildman–Crippen MR) is 408 cm³/mol. The molecule has 4 aromatic carbocycles. The molecule has 1 spiro atoms. The normalized spacial score (nSPS) is 17.5. The van der Waals surface area contributed by atoms with Crippen molar-refractivity contribution in [1.82, 2.24) is 13.5 Å². The summed E-state index contributed by atoms with van der Waals surface area (Å²) in [6.45, 7) is 16.6. The Morgan fingerprint density at radius 1 is 0.459 bits per heavy atom. The number of rotatable bonds is 42. The van der Waals surface area contributed by atoms with E-state index in [2.05, 4.69) is 50.1 Å². The molecule has 29 nitrogen and oxygen atoms in total.